The van der Waals surface area contributed by atoms with Crippen LogP contribution in [-0.4, -0.2) is 38.0 Å². The molecule has 0 radical (unpaired) electrons. The molecular weight excluding hydrogens is 208 g/mol. The number of ether oxygens (including phenoxy) is 2. The molecule has 0 aromatic carbocycles. The van der Waals surface area contributed by atoms with Crippen molar-refractivity contribution in [2.24, 2.45) is 11.7 Å². The lowest BCUT2D eigenvalue weighted by Crippen LogP contribution is -2.46. The van der Waals surface area contributed by atoms with E-state index < -0.39 is 12.3 Å². The van der Waals surface area contributed by atoms with Gasteiger partial charge in [-0.3, -0.25) is 4.79 Å². The summed E-state index contributed by atoms with van der Waals surface area (Å²) in [5.41, 5.74) is 5.70. The smallest absolute Gasteiger partial charge is 0.237 e. The van der Waals surface area contributed by atoms with Gasteiger partial charge in [0.2, 0.25) is 5.91 Å². The van der Waals surface area contributed by atoms with Crippen molar-refractivity contribution in [3.05, 3.63) is 0 Å². The minimum Gasteiger partial charge on any atom is -0.351 e. The Morgan fingerprint density at radius 3 is 2.12 bits per heavy atom. The third kappa shape index (κ3) is 6.05. The zero-order valence-electron chi connectivity index (χ0n) is 10.7. The lowest BCUT2D eigenvalue weighted by Gasteiger charge is -2.20. The first-order chi connectivity index (χ1) is 7.52. The summed E-state index contributed by atoms with van der Waals surface area (Å²) in [4.78, 5) is 11.6. The molecule has 1 amide bonds. The molecule has 16 heavy (non-hydrogen) atoms. The van der Waals surface area contributed by atoms with Gasteiger partial charge in [0.1, 0.15) is 0 Å². The summed E-state index contributed by atoms with van der Waals surface area (Å²) < 4.78 is 10.6. The minimum atomic E-state index is -0.482. The molecule has 0 aromatic heterocycles. The first-order valence-electron chi connectivity index (χ1n) is 5.79. The van der Waals surface area contributed by atoms with E-state index in [0.29, 0.717) is 19.8 Å². The van der Waals surface area contributed by atoms with Crippen molar-refractivity contribution < 1.29 is 14.3 Å². The van der Waals surface area contributed by atoms with Gasteiger partial charge in [-0.25, -0.2) is 0 Å². The van der Waals surface area contributed by atoms with Crippen LogP contribution in [0.3, 0.4) is 0 Å². The number of rotatable bonds is 8. The van der Waals surface area contributed by atoms with E-state index in [0.717, 1.165) is 0 Å². The van der Waals surface area contributed by atoms with E-state index in [4.69, 9.17) is 15.2 Å². The second-order valence-electron chi connectivity index (χ2n) is 3.86. The Hall–Kier alpha value is -0.650. The van der Waals surface area contributed by atoms with Crippen molar-refractivity contribution in [2.45, 2.75) is 40.0 Å². The molecule has 0 aromatic rings. The average molecular weight is 232 g/mol. The van der Waals surface area contributed by atoms with E-state index in [9.17, 15) is 4.79 Å². The van der Waals surface area contributed by atoms with Crippen molar-refractivity contribution in [1.82, 2.24) is 5.32 Å². The van der Waals surface area contributed by atoms with E-state index in [-0.39, 0.29) is 11.8 Å². The number of nitrogens with one attached hydrogen (secondary N) is 1. The maximum atomic E-state index is 11.6. The quantitative estimate of drug-likeness (QED) is 0.597. The molecule has 0 aliphatic carbocycles. The van der Waals surface area contributed by atoms with E-state index in [1.54, 1.807) is 0 Å². The lowest BCUT2D eigenvalue weighted by molar-refractivity contribution is -0.141. The topological polar surface area (TPSA) is 73.6 Å². The first kappa shape index (κ1) is 15.3. The number of hydrogen-bond acceptors (Lipinski definition) is 4. The van der Waals surface area contributed by atoms with Crippen LogP contribution in [0.5, 0.6) is 0 Å². The predicted octanol–water partition coefficient (Wildman–Crippen LogP) is 0.485. The molecule has 0 rings (SSSR count). The Balaban J connectivity index is 3.94. The maximum Gasteiger partial charge on any atom is 0.237 e. The Kier molecular flexibility index (Phi) is 8.15. The standard InChI is InChI=1S/C11H24N2O3/c1-5-15-9(16-6-2)7-13-11(14)10(12)8(3)4/h8-10H,5-7,12H2,1-4H3,(H,13,14). The SMILES string of the molecule is CCOC(CNC(=O)C(N)C(C)C)OCC. The zero-order chi connectivity index (χ0) is 12.6. The van der Waals surface area contributed by atoms with Crippen LogP contribution in [0.2, 0.25) is 0 Å². The summed E-state index contributed by atoms with van der Waals surface area (Å²) in [5.74, 6) is -0.0444. The van der Waals surface area contributed by atoms with Gasteiger partial charge < -0.3 is 20.5 Å². The predicted molar refractivity (Wildman–Crippen MR) is 62.9 cm³/mol. The number of nitrogens with two attached hydrogens (primary N) is 1. The van der Waals surface area contributed by atoms with Crippen molar-refractivity contribution in [1.29, 1.82) is 0 Å². The molecular formula is C11H24N2O3. The van der Waals surface area contributed by atoms with Crippen LogP contribution in [0.4, 0.5) is 0 Å². The molecule has 96 valence electrons. The highest BCUT2D eigenvalue weighted by atomic mass is 16.7. The third-order valence-electron chi connectivity index (χ3n) is 2.17. The highest BCUT2D eigenvalue weighted by Gasteiger charge is 2.18. The molecule has 0 aliphatic heterocycles. The molecule has 0 heterocycles. The van der Waals surface area contributed by atoms with Crippen molar-refractivity contribution in [3.63, 3.8) is 0 Å². The van der Waals surface area contributed by atoms with Crippen molar-refractivity contribution in [3.8, 4) is 0 Å². The summed E-state index contributed by atoms with van der Waals surface area (Å²) in [5, 5.41) is 2.72. The van der Waals surface area contributed by atoms with Gasteiger partial charge in [0.15, 0.2) is 6.29 Å². The largest absolute Gasteiger partial charge is 0.351 e. The van der Waals surface area contributed by atoms with Gasteiger partial charge in [-0.15, -0.1) is 0 Å². The van der Waals surface area contributed by atoms with Gasteiger partial charge in [0, 0.05) is 13.2 Å². The second-order valence-corrected chi connectivity index (χ2v) is 3.86. The fourth-order valence-corrected chi connectivity index (χ4v) is 1.14. The zero-order valence-corrected chi connectivity index (χ0v) is 10.7. The molecule has 0 aliphatic rings. The number of carbonyl (C=O) groups excluding carboxylic acids is 1. The van der Waals surface area contributed by atoms with E-state index in [1.807, 2.05) is 27.7 Å². The molecule has 0 spiro atoms. The highest BCUT2D eigenvalue weighted by Crippen LogP contribution is 1.99. The Labute approximate surface area is 97.7 Å². The molecule has 5 heteroatoms. The van der Waals surface area contributed by atoms with Crippen LogP contribution in [-0.2, 0) is 14.3 Å². The van der Waals surface area contributed by atoms with Gasteiger partial charge in [0.25, 0.3) is 0 Å². The van der Waals surface area contributed by atoms with E-state index in [2.05, 4.69) is 5.32 Å². The summed E-state index contributed by atoms with van der Waals surface area (Å²) in [6, 6.07) is -0.482. The van der Waals surface area contributed by atoms with E-state index in [1.165, 1.54) is 0 Å². The maximum absolute atomic E-state index is 11.6. The minimum absolute atomic E-state index is 0.123. The monoisotopic (exact) mass is 232 g/mol. The molecule has 1 atom stereocenters. The molecule has 5 nitrogen and oxygen atoms in total. The second kappa shape index (κ2) is 8.50. The van der Waals surface area contributed by atoms with E-state index >= 15 is 0 Å². The van der Waals surface area contributed by atoms with Crippen LogP contribution < -0.4 is 11.1 Å². The van der Waals surface area contributed by atoms with Gasteiger partial charge in [0.05, 0.1) is 12.6 Å². The van der Waals surface area contributed by atoms with Gasteiger partial charge >= 0.3 is 0 Å². The average Bonchev–Trinajstić information content (AvgIpc) is 2.24. The number of carbonyl (C=O) groups is 1. The van der Waals surface area contributed by atoms with Gasteiger partial charge in [-0.1, -0.05) is 13.8 Å². The lowest BCUT2D eigenvalue weighted by atomic mass is 10.1. The fourth-order valence-electron chi connectivity index (χ4n) is 1.14. The van der Waals surface area contributed by atoms with Crippen molar-refractivity contribution >= 4 is 5.91 Å². The molecule has 3 N–H and O–H groups in total. The first-order valence-corrected chi connectivity index (χ1v) is 5.79. The van der Waals surface area contributed by atoms with Crippen LogP contribution >= 0.6 is 0 Å². The summed E-state index contributed by atoms with van der Waals surface area (Å²) in [6.45, 7) is 9.02. The van der Waals surface area contributed by atoms with Crippen molar-refractivity contribution in [2.75, 3.05) is 19.8 Å². The Bertz CT molecular complexity index is 192. The summed E-state index contributed by atoms with van der Waals surface area (Å²) in [6.07, 6.45) is -0.390. The fraction of sp³-hybridized carbons (Fsp3) is 0.909. The molecule has 0 fully saturated rings. The Morgan fingerprint density at radius 2 is 1.75 bits per heavy atom. The normalized spacial score (nSPS) is 13.2. The van der Waals surface area contributed by atoms with Crippen LogP contribution in [0.1, 0.15) is 27.7 Å². The molecule has 0 bridgehead atoms. The summed E-state index contributed by atoms with van der Waals surface area (Å²) in [7, 11) is 0. The van der Waals surface area contributed by atoms with Crippen LogP contribution in [0.25, 0.3) is 0 Å². The van der Waals surface area contributed by atoms with Gasteiger partial charge in [-0.2, -0.15) is 0 Å². The third-order valence-corrected chi connectivity index (χ3v) is 2.17. The van der Waals surface area contributed by atoms with Crippen LogP contribution in [0, 0.1) is 5.92 Å². The van der Waals surface area contributed by atoms with Gasteiger partial charge in [-0.05, 0) is 19.8 Å². The number of hydrogen-bond donors (Lipinski definition) is 2. The van der Waals surface area contributed by atoms with Crippen LogP contribution in [0.15, 0.2) is 0 Å². The highest BCUT2D eigenvalue weighted by molar-refractivity contribution is 5.81. The molecule has 1 unspecified atom stereocenters. The molecule has 0 saturated heterocycles. The molecule has 0 saturated carbocycles. The Morgan fingerprint density at radius 1 is 1.25 bits per heavy atom. The summed E-state index contributed by atoms with van der Waals surface area (Å²) >= 11 is 0. The number of amides is 1.